The highest BCUT2D eigenvalue weighted by atomic mass is 35.5. The molecule has 0 spiro atoms. The maximum absolute atomic E-state index is 12.3. The van der Waals surface area contributed by atoms with Gasteiger partial charge in [0.1, 0.15) is 11.4 Å². The maximum atomic E-state index is 12.3. The molecule has 0 atom stereocenters. The van der Waals surface area contributed by atoms with Gasteiger partial charge in [-0.05, 0) is 20.8 Å². The van der Waals surface area contributed by atoms with E-state index >= 15 is 0 Å². The molecule has 3 amide bonds. The van der Waals surface area contributed by atoms with Crippen LogP contribution >= 0.6 is 11.6 Å². The molecule has 0 saturated heterocycles. The molecule has 0 unspecified atom stereocenters. The highest BCUT2D eigenvalue weighted by Crippen LogP contribution is 2.26. The summed E-state index contributed by atoms with van der Waals surface area (Å²) in [4.78, 5) is 25.8. The molecule has 2 N–H and O–H groups in total. The lowest BCUT2D eigenvalue weighted by molar-refractivity contribution is 0.0224. The Kier molecular flexibility index (Phi) is 5.58. The molecule has 0 aromatic carbocycles. The van der Waals surface area contributed by atoms with Crippen LogP contribution in [-0.2, 0) is 24.8 Å². The van der Waals surface area contributed by atoms with Gasteiger partial charge in [-0.1, -0.05) is 0 Å². The monoisotopic (exact) mass is 357 g/mol. The Hall–Kier alpha value is -1.96. The number of anilines is 1. The van der Waals surface area contributed by atoms with Crippen LogP contribution in [-0.4, -0.2) is 51.4 Å². The van der Waals surface area contributed by atoms with E-state index in [2.05, 4.69) is 15.7 Å². The van der Waals surface area contributed by atoms with Crippen LogP contribution in [0.15, 0.2) is 0 Å². The molecule has 134 valence electrons. The number of rotatable bonds is 3. The number of aryl methyl sites for hydroxylation is 1. The number of fused-ring (bicyclic) bond motifs is 1. The zero-order valence-electron chi connectivity index (χ0n) is 14.5. The van der Waals surface area contributed by atoms with Crippen molar-refractivity contribution >= 4 is 29.5 Å². The van der Waals surface area contributed by atoms with E-state index in [-0.39, 0.29) is 12.1 Å². The molecule has 0 fully saturated rings. The number of hydrogen-bond acceptors (Lipinski definition) is 4. The van der Waals surface area contributed by atoms with Gasteiger partial charge in [0.2, 0.25) is 0 Å². The normalized spacial score (nSPS) is 14.1. The zero-order valence-corrected chi connectivity index (χ0v) is 15.2. The number of halogens is 1. The number of carbonyl (C=O) groups is 2. The van der Waals surface area contributed by atoms with E-state index in [4.69, 9.17) is 16.3 Å². The third-order valence-electron chi connectivity index (χ3n) is 3.46. The number of hydrogen-bond donors (Lipinski definition) is 2. The van der Waals surface area contributed by atoms with Gasteiger partial charge in [-0.15, -0.1) is 11.6 Å². The van der Waals surface area contributed by atoms with Gasteiger partial charge < -0.3 is 15.0 Å². The standard InChI is InChI=1S/C15H24ClN5O3/c1-15(2,3)24-14(23)21-8-5-11-10(9-21)12(20(4)19-11)18-13(22)17-7-6-16/h5-9H2,1-4H3,(H2,17,18,22). The van der Waals surface area contributed by atoms with Crippen molar-refractivity contribution < 1.29 is 14.3 Å². The molecule has 1 aromatic rings. The van der Waals surface area contributed by atoms with Gasteiger partial charge in [-0.25, -0.2) is 9.59 Å². The topological polar surface area (TPSA) is 88.5 Å². The first kappa shape index (κ1) is 18.4. The summed E-state index contributed by atoms with van der Waals surface area (Å²) in [5.41, 5.74) is 1.16. The fourth-order valence-electron chi connectivity index (χ4n) is 2.45. The molecule has 24 heavy (non-hydrogen) atoms. The van der Waals surface area contributed by atoms with Gasteiger partial charge in [0.15, 0.2) is 0 Å². The van der Waals surface area contributed by atoms with Crippen LogP contribution in [0.3, 0.4) is 0 Å². The lowest BCUT2D eigenvalue weighted by atomic mass is 10.1. The second-order valence-electron chi connectivity index (χ2n) is 6.62. The summed E-state index contributed by atoms with van der Waals surface area (Å²) in [5.74, 6) is 0.911. The summed E-state index contributed by atoms with van der Waals surface area (Å²) in [6, 6.07) is -0.351. The van der Waals surface area contributed by atoms with Crippen molar-refractivity contribution in [2.75, 3.05) is 24.3 Å². The molecule has 0 saturated carbocycles. The number of urea groups is 1. The lowest BCUT2D eigenvalue weighted by Crippen LogP contribution is -2.40. The molecule has 2 rings (SSSR count). The molecule has 9 heteroatoms. The van der Waals surface area contributed by atoms with Crippen molar-refractivity contribution in [3.63, 3.8) is 0 Å². The summed E-state index contributed by atoms with van der Waals surface area (Å²) < 4.78 is 7.03. The van der Waals surface area contributed by atoms with Gasteiger partial charge in [0.25, 0.3) is 0 Å². The number of alkyl halides is 1. The first-order valence-corrected chi connectivity index (χ1v) is 8.38. The Morgan fingerprint density at radius 1 is 1.38 bits per heavy atom. The zero-order chi connectivity index (χ0) is 17.9. The number of nitrogens with zero attached hydrogens (tertiary/aromatic N) is 3. The number of nitrogens with one attached hydrogen (secondary N) is 2. The van der Waals surface area contributed by atoms with E-state index in [9.17, 15) is 9.59 Å². The van der Waals surface area contributed by atoms with Crippen molar-refractivity contribution in [3.8, 4) is 0 Å². The summed E-state index contributed by atoms with van der Waals surface area (Å²) >= 11 is 5.56. The summed E-state index contributed by atoms with van der Waals surface area (Å²) in [6.45, 7) is 6.76. The predicted octanol–water partition coefficient (Wildman–Crippen LogP) is 2.07. The minimum Gasteiger partial charge on any atom is -0.444 e. The first-order valence-electron chi connectivity index (χ1n) is 7.84. The van der Waals surface area contributed by atoms with E-state index in [1.54, 1.807) is 16.6 Å². The molecular weight excluding hydrogens is 334 g/mol. The van der Waals surface area contributed by atoms with Crippen molar-refractivity contribution in [1.29, 1.82) is 0 Å². The van der Waals surface area contributed by atoms with Crippen LogP contribution in [0, 0.1) is 0 Å². The van der Waals surface area contributed by atoms with E-state index < -0.39 is 5.60 Å². The highest BCUT2D eigenvalue weighted by molar-refractivity contribution is 6.18. The Bertz CT molecular complexity index is 623. The van der Waals surface area contributed by atoms with Crippen LogP contribution < -0.4 is 10.6 Å². The third-order valence-corrected chi connectivity index (χ3v) is 3.65. The fourth-order valence-corrected chi connectivity index (χ4v) is 2.55. The maximum Gasteiger partial charge on any atom is 0.410 e. The molecule has 2 heterocycles. The van der Waals surface area contributed by atoms with E-state index in [1.165, 1.54) is 0 Å². The first-order chi connectivity index (χ1) is 11.2. The minimum absolute atomic E-state index is 0.337. The molecule has 0 aliphatic carbocycles. The highest BCUT2D eigenvalue weighted by Gasteiger charge is 2.30. The Balaban J connectivity index is 2.12. The smallest absolute Gasteiger partial charge is 0.410 e. The Labute approximate surface area is 146 Å². The molecule has 1 aliphatic rings. The van der Waals surface area contributed by atoms with Crippen molar-refractivity contribution in [3.05, 3.63) is 11.3 Å². The van der Waals surface area contributed by atoms with Gasteiger partial charge in [-0.3, -0.25) is 10.00 Å². The van der Waals surface area contributed by atoms with Gasteiger partial charge >= 0.3 is 12.1 Å². The van der Waals surface area contributed by atoms with Crippen LogP contribution in [0.25, 0.3) is 0 Å². The molecule has 0 radical (unpaired) electrons. The summed E-state index contributed by atoms with van der Waals surface area (Å²) in [5, 5.41) is 9.84. The fraction of sp³-hybridized carbons (Fsp3) is 0.667. The van der Waals surface area contributed by atoms with Gasteiger partial charge in [-0.2, -0.15) is 5.10 Å². The molecular formula is C15H24ClN5O3. The SMILES string of the molecule is Cn1nc2c(c1NC(=O)NCCCl)CN(C(=O)OC(C)(C)C)CC2. The average molecular weight is 358 g/mol. The van der Waals surface area contributed by atoms with E-state index in [0.29, 0.717) is 37.8 Å². The van der Waals surface area contributed by atoms with Crippen LogP contribution in [0.4, 0.5) is 15.4 Å². The molecule has 1 aliphatic heterocycles. The Morgan fingerprint density at radius 3 is 2.71 bits per heavy atom. The second-order valence-corrected chi connectivity index (χ2v) is 7.00. The van der Waals surface area contributed by atoms with Crippen molar-refractivity contribution in [2.24, 2.45) is 7.05 Å². The number of amides is 3. The van der Waals surface area contributed by atoms with Crippen LogP contribution in [0.1, 0.15) is 32.0 Å². The molecule has 0 bridgehead atoms. The van der Waals surface area contributed by atoms with Crippen LogP contribution in [0.2, 0.25) is 0 Å². The number of aromatic nitrogens is 2. The van der Waals surface area contributed by atoms with Crippen molar-refractivity contribution in [1.82, 2.24) is 20.0 Å². The summed E-state index contributed by atoms with van der Waals surface area (Å²) in [6.07, 6.45) is 0.252. The average Bonchev–Trinajstić information content (AvgIpc) is 2.78. The van der Waals surface area contributed by atoms with Crippen LogP contribution in [0.5, 0.6) is 0 Å². The predicted molar refractivity (Wildman–Crippen MR) is 91.3 cm³/mol. The summed E-state index contributed by atoms with van der Waals surface area (Å²) in [7, 11) is 1.76. The molecule has 1 aromatic heterocycles. The quantitative estimate of drug-likeness (QED) is 0.810. The number of carbonyl (C=O) groups excluding carboxylic acids is 2. The number of ether oxygens (including phenoxy) is 1. The van der Waals surface area contributed by atoms with Crippen molar-refractivity contribution in [2.45, 2.75) is 39.3 Å². The molecule has 8 nitrogen and oxygen atoms in total. The van der Waals surface area contributed by atoms with Gasteiger partial charge in [0.05, 0.1) is 12.2 Å². The van der Waals surface area contributed by atoms with E-state index in [1.807, 2.05) is 20.8 Å². The largest absolute Gasteiger partial charge is 0.444 e. The minimum atomic E-state index is -0.547. The van der Waals surface area contributed by atoms with Gasteiger partial charge in [0, 0.05) is 38.0 Å². The lowest BCUT2D eigenvalue weighted by Gasteiger charge is -2.29. The third kappa shape index (κ3) is 4.53. The Morgan fingerprint density at radius 2 is 2.08 bits per heavy atom. The van der Waals surface area contributed by atoms with E-state index in [0.717, 1.165) is 11.3 Å². The second kappa shape index (κ2) is 7.29.